The van der Waals surface area contributed by atoms with Crippen LogP contribution in [-0.4, -0.2) is 47.3 Å². The summed E-state index contributed by atoms with van der Waals surface area (Å²) in [4.78, 5) is 59.1. The first-order valence-corrected chi connectivity index (χ1v) is 7.10. The molecule has 9 heteroatoms. The second-order valence-electron chi connectivity index (χ2n) is 5.40. The van der Waals surface area contributed by atoms with E-state index in [1.54, 1.807) is 5.32 Å². The molecular formula is C14H17N3O6. The summed E-state index contributed by atoms with van der Waals surface area (Å²) >= 11 is 0. The average molecular weight is 323 g/mol. The Morgan fingerprint density at radius 3 is 2.26 bits per heavy atom. The number of amides is 5. The van der Waals surface area contributed by atoms with Gasteiger partial charge < -0.3 is 10.5 Å². The second kappa shape index (κ2) is 6.59. The third kappa shape index (κ3) is 3.38. The molecule has 1 heterocycles. The molecule has 5 amide bonds. The number of carbonyl (C=O) groups excluding carboxylic acids is 5. The van der Waals surface area contributed by atoms with E-state index in [4.69, 9.17) is 10.5 Å². The van der Waals surface area contributed by atoms with E-state index in [1.807, 2.05) is 12.2 Å². The molecule has 0 aromatic carbocycles. The highest BCUT2D eigenvalue weighted by Crippen LogP contribution is 2.36. The number of carbonyl (C=O) groups is 5. The molecule has 124 valence electrons. The third-order valence-electron chi connectivity index (χ3n) is 3.88. The maximum Gasteiger partial charge on any atom is 0.329 e. The van der Waals surface area contributed by atoms with Gasteiger partial charge in [-0.25, -0.2) is 9.59 Å². The minimum absolute atomic E-state index is 0.407. The molecule has 0 bridgehead atoms. The molecular weight excluding hydrogens is 306 g/mol. The number of nitrogens with two attached hydrogens (primary N) is 1. The van der Waals surface area contributed by atoms with E-state index in [0.717, 1.165) is 4.90 Å². The summed E-state index contributed by atoms with van der Waals surface area (Å²) in [5.41, 5.74) is 4.75. The predicted octanol–water partition coefficient (Wildman–Crippen LogP) is -0.936. The molecule has 1 aliphatic heterocycles. The second-order valence-corrected chi connectivity index (χ2v) is 5.40. The first-order chi connectivity index (χ1) is 10.8. The molecule has 0 unspecified atom stereocenters. The summed E-state index contributed by atoms with van der Waals surface area (Å²) in [5, 5.41) is 1.73. The molecule has 1 aliphatic carbocycles. The van der Waals surface area contributed by atoms with Crippen LogP contribution in [0.5, 0.6) is 0 Å². The number of imide groups is 2. The first-order valence-electron chi connectivity index (χ1n) is 7.10. The van der Waals surface area contributed by atoms with Gasteiger partial charge in [0.25, 0.3) is 5.91 Å². The molecule has 0 saturated carbocycles. The Morgan fingerprint density at radius 2 is 1.78 bits per heavy atom. The van der Waals surface area contributed by atoms with Crippen molar-refractivity contribution in [2.45, 2.75) is 25.8 Å². The number of esters is 1. The lowest BCUT2D eigenvalue weighted by Crippen LogP contribution is -2.45. The van der Waals surface area contributed by atoms with Gasteiger partial charge in [-0.1, -0.05) is 12.2 Å². The predicted molar refractivity (Wildman–Crippen MR) is 75.4 cm³/mol. The molecule has 2 rings (SSSR count). The van der Waals surface area contributed by atoms with Crippen molar-refractivity contribution in [2.75, 3.05) is 6.61 Å². The summed E-state index contributed by atoms with van der Waals surface area (Å²) in [6.07, 6.45) is 4.61. The lowest BCUT2D eigenvalue weighted by Gasteiger charge is -2.21. The Labute approximate surface area is 131 Å². The van der Waals surface area contributed by atoms with E-state index in [1.165, 1.54) is 6.92 Å². The Kier molecular flexibility index (Phi) is 4.77. The lowest BCUT2D eigenvalue weighted by atomic mass is 9.85. The molecule has 0 aromatic rings. The fourth-order valence-electron chi connectivity index (χ4n) is 2.74. The van der Waals surface area contributed by atoms with Crippen molar-refractivity contribution < 1.29 is 28.7 Å². The van der Waals surface area contributed by atoms with Crippen molar-refractivity contribution in [3.63, 3.8) is 0 Å². The molecule has 23 heavy (non-hydrogen) atoms. The van der Waals surface area contributed by atoms with Crippen LogP contribution in [0.3, 0.4) is 0 Å². The largest absolute Gasteiger partial charge is 0.454 e. The Hall–Kier alpha value is -2.71. The van der Waals surface area contributed by atoms with Crippen molar-refractivity contribution in [3.8, 4) is 0 Å². The topological polar surface area (TPSA) is 136 Å². The van der Waals surface area contributed by atoms with Gasteiger partial charge >= 0.3 is 12.0 Å². The number of likely N-dealkylation sites (tertiary alicyclic amines) is 1. The molecule has 0 aromatic heterocycles. The maximum absolute atomic E-state index is 12.3. The molecule has 0 radical (unpaired) electrons. The smallest absolute Gasteiger partial charge is 0.329 e. The van der Waals surface area contributed by atoms with Gasteiger partial charge in [-0.05, 0) is 19.8 Å². The summed E-state index contributed by atoms with van der Waals surface area (Å²) in [7, 11) is 0. The van der Waals surface area contributed by atoms with E-state index >= 15 is 0 Å². The number of urea groups is 1. The van der Waals surface area contributed by atoms with Gasteiger partial charge in [-0.15, -0.1) is 0 Å². The monoisotopic (exact) mass is 323 g/mol. The van der Waals surface area contributed by atoms with Crippen LogP contribution in [0.2, 0.25) is 0 Å². The van der Waals surface area contributed by atoms with E-state index < -0.39 is 54.2 Å². The average Bonchev–Trinajstić information content (AvgIpc) is 2.75. The van der Waals surface area contributed by atoms with Crippen LogP contribution in [0.4, 0.5) is 4.79 Å². The SMILES string of the molecule is C[C@@H](C(=O)OCC(=O)NC(N)=O)N1C(=O)[C@H]2CC=CC[C@H]2C1=O. The maximum atomic E-state index is 12.3. The summed E-state index contributed by atoms with van der Waals surface area (Å²) in [5.74, 6) is -3.50. The van der Waals surface area contributed by atoms with Crippen molar-refractivity contribution in [1.29, 1.82) is 0 Å². The molecule has 1 saturated heterocycles. The van der Waals surface area contributed by atoms with Gasteiger partial charge in [0.2, 0.25) is 11.8 Å². The standard InChI is InChI=1S/C14H17N3O6/c1-7(13(21)23-6-10(18)16-14(15)22)17-11(19)8-4-2-3-5-9(8)12(17)20/h2-3,7-9H,4-6H2,1H3,(H3,15,16,18,22)/t7-,8-,9+/m0/s1. The molecule has 2 aliphatic rings. The Balaban J connectivity index is 1.97. The van der Waals surface area contributed by atoms with Crippen molar-refractivity contribution in [1.82, 2.24) is 10.2 Å². The van der Waals surface area contributed by atoms with Crippen LogP contribution in [0, 0.1) is 11.8 Å². The fraction of sp³-hybridized carbons (Fsp3) is 0.500. The normalized spacial score (nSPS) is 24.1. The van der Waals surface area contributed by atoms with Gasteiger partial charge in [0.05, 0.1) is 11.8 Å². The van der Waals surface area contributed by atoms with Crippen molar-refractivity contribution in [3.05, 3.63) is 12.2 Å². The lowest BCUT2D eigenvalue weighted by molar-refractivity contribution is -0.159. The molecule has 3 atom stereocenters. The quantitative estimate of drug-likeness (QED) is 0.389. The zero-order valence-electron chi connectivity index (χ0n) is 12.5. The number of rotatable bonds is 4. The molecule has 1 fully saturated rings. The minimum atomic E-state index is -1.14. The number of primary amides is 1. The van der Waals surface area contributed by atoms with E-state index in [0.29, 0.717) is 12.8 Å². The number of fused-ring (bicyclic) bond motifs is 1. The van der Waals surface area contributed by atoms with Gasteiger partial charge in [0.15, 0.2) is 6.61 Å². The number of hydrogen-bond acceptors (Lipinski definition) is 6. The fourth-order valence-corrected chi connectivity index (χ4v) is 2.74. The highest BCUT2D eigenvalue weighted by molar-refractivity contribution is 6.08. The van der Waals surface area contributed by atoms with Crippen LogP contribution in [0.15, 0.2) is 12.2 Å². The molecule has 0 spiro atoms. The Morgan fingerprint density at radius 1 is 1.26 bits per heavy atom. The number of nitrogens with zero attached hydrogens (tertiary/aromatic N) is 1. The van der Waals surface area contributed by atoms with E-state index in [9.17, 15) is 24.0 Å². The summed E-state index contributed by atoms with van der Waals surface area (Å²) in [6.45, 7) is 0.631. The van der Waals surface area contributed by atoms with Crippen LogP contribution < -0.4 is 11.1 Å². The zero-order valence-corrected chi connectivity index (χ0v) is 12.5. The van der Waals surface area contributed by atoms with E-state index in [2.05, 4.69) is 0 Å². The van der Waals surface area contributed by atoms with Crippen LogP contribution >= 0.6 is 0 Å². The van der Waals surface area contributed by atoms with Gasteiger partial charge in [0, 0.05) is 0 Å². The number of hydrogen-bond donors (Lipinski definition) is 2. The van der Waals surface area contributed by atoms with Crippen molar-refractivity contribution >= 4 is 29.7 Å². The van der Waals surface area contributed by atoms with Crippen LogP contribution in [0.25, 0.3) is 0 Å². The summed E-state index contributed by atoms with van der Waals surface area (Å²) < 4.78 is 4.71. The highest BCUT2D eigenvalue weighted by atomic mass is 16.5. The zero-order chi connectivity index (χ0) is 17.1. The van der Waals surface area contributed by atoms with Crippen molar-refractivity contribution in [2.24, 2.45) is 17.6 Å². The first kappa shape index (κ1) is 16.7. The van der Waals surface area contributed by atoms with Gasteiger partial charge in [0.1, 0.15) is 6.04 Å². The van der Waals surface area contributed by atoms with Crippen LogP contribution in [-0.2, 0) is 23.9 Å². The minimum Gasteiger partial charge on any atom is -0.454 e. The number of nitrogens with one attached hydrogen (secondary N) is 1. The third-order valence-corrected chi connectivity index (χ3v) is 3.88. The molecule has 3 N–H and O–H groups in total. The number of allylic oxidation sites excluding steroid dienone is 2. The molecule has 9 nitrogen and oxygen atoms in total. The number of ether oxygens (including phenoxy) is 1. The Bertz CT molecular complexity index is 573. The van der Waals surface area contributed by atoms with E-state index in [-0.39, 0.29) is 0 Å². The summed E-state index contributed by atoms with van der Waals surface area (Å²) in [6, 6.07) is -2.21. The van der Waals surface area contributed by atoms with Gasteiger partial charge in [-0.2, -0.15) is 0 Å². The highest BCUT2D eigenvalue weighted by Gasteiger charge is 2.50. The van der Waals surface area contributed by atoms with Gasteiger partial charge in [-0.3, -0.25) is 24.6 Å². The van der Waals surface area contributed by atoms with Crippen LogP contribution in [0.1, 0.15) is 19.8 Å².